The predicted octanol–water partition coefficient (Wildman–Crippen LogP) is 3.40. The van der Waals surface area contributed by atoms with Crippen molar-refractivity contribution in [1.82, 2.24) is 15.1 Å². The molecule has 0 aromatic heterocycles. The lowest BCUT2D eigenvalue weighted by atomic mass is 9.78. The molecule has 1 aromatic carbocycles. The van der Waals surface area contributed by atoms with Crippen LogP contribution in [-0.4, -0.2) is 54.5 Å². The molecule has 3 atom stereocenters. The molecule has 1 amide bonds. The lowest BCUT2D eigenvalue weighted by molar-refractivity contribution is -0.124. The number of carbonyl (C=O) groups is 1. The average molecular weight is 378 g/mol. The van der Waals surface area contributed by atoms with Crippen molar-refractivity contribution < 1.29 is 4.79 Å². The second kappa shape index (κ2) is 9.20. The molecular weight excluding hydrogens is 346 g/mol. The van der Waals surface area contributed by atoms with Gasteiger partial charge in [0.2, 0.25) is 5.91 Å². The topological polar surface area (TPSA) is 35.6 Å². The predicted molar refractivity (Wildman–Crippen MR) is 107 cm³/mol. The maximum absolute atomic E-state index is 12.5. The van der Waals surface area contributed by atoms with E-state index in [9.17, 15) is 4.79 Å². The van der Waals surface area contributed by atoms with Crippen molar-refractivity contribution in [3.8, 4) is 0 Å². The van der Waals surface area contributed by atoms with E-state index in [1.54, 1.807) is 0 Å². The molecule has 1 aliphatic heterocycles. The Bertz CT molecular complexity index is 583. The average Bonchev–Trinajstić information content (AvgIpc) is 2.62. The van der Waals surface area contributed by atoms with E-state index in [-0.39, 0.29) is 5.91 Å². The summed E-state index contributed by atoms with van der Waals surface area (Å²) in [6.07, 6.45) is 3.66. The summed E-state index contributed by atoms with van der Waals surface area (Å²) < 4.78 is 0. The van der Waals surface area contributed by atoms with Crippen LogP contribution in [0.2, 0.25) is 5.02 Å². The largest absolute Gasteiger partial charge is 0.352 e. The van der Waals surface area contributed by atoms with E-state index in [2.05, 4.69) is 41.1 Å². The van der Waals surface area contributed by atoms with Gasteiger partial charge in [-0.25, -0.2) is 0 Å². The maximum Gasteiger partial charge on any atom is 0.234 e. The van der Waals surface area contributed by atoms with Crippen LogP contribution in [0.15, 0.2) is 24.3 Å². The SMILES string of the molecule is CC1CCCC(NC(=O)CN2CCN(Cc3ccc(Cl)cc3)CC2)C1C. The third-order valence-corrected chi connectivity index (χ3v) is 6.46. The molecule has 1 aromatic rings. The highest BCUT2D eigenvalue weighted by Gasteiger charge is 2.28. The number of piperazine rings is 1. The van der Waals surface area contributed by atoms with E-state index in [4.69, 9.17) is 11.6 Å². The van der Waals surface area contributed by atoms with E-state index < -0.39 is 0 Å². The molecule has 1 aliphatic carbocycles. The van der Waals surface area contributed by atoms with E-state index in [1.165, 1.54) is 18.4 Å². The molecule has 1 heterocycles. The monoisotopic (exact) mass is 377 g/mol. The summed E-state index contributed by atoms with van der Waals surface area (Å²) in [5, 5.41) is 4.08. The van der Waals surface area contributed by atoms with Gasteiger partial charge in [-0.1, -0.05) is 50.4 Å². The summed E-state index contributed by atoms with van der Waals surface area (Å²) >= 11 is 5.95. The molecule has 1 saturated heterocycles. The third-order valence-electron chi connectivity index (χ3n) is 6.20. The van der Waals surface area contributed by atoms with Gasteiger partial charge in [-0.15, -0.1) is 0 Å². The maximum atomic E-state index is 12.5. The summed E-state index contributed by atoms with van der Waals surface area (Å²) in [4.78, 5) is 17.2. The molecule has 0 radical (unpaired) electrons. The lowest BCUT2D eigenvalue weighted by Crippen LogP contribution is -2.51. The Morgan fingerprint density at radius 2 is 1.73 bits per heavy atom. The molecule has 2 aliphatic rings. The molecular formula is C21H32ClN3O. The van der Waals surface area contributed by atoms with Crippen LogP contribution >= 0.6 is 11.6 Å². The first-order chi connectivity index (χ1) is 12.5. The minimum absolute atomic E-state index is 0.196. The molecule has 0 bridgehead atoms. The summed E-state index contributed by atoms with van der Waals surface area (Å²) in [6.45, 7) is 10.0. The van der Waals surface area contributed by atoms with Crippen LogP contribution in [0.4, 0.5) is 0 Å². The fourth-order valence-electron chi connectivity index (χ4n) is 4.19. The Morgan fingerprint density at radius 1 is 1.08 bits per heavy atom. The summed E-state index contributed by atoms with van der Waals surface area (Å²) in [7, 11) is 0. The third kappa shape index (κ3) is 5.45. The van der Waals surface area contributed by atoms with Crippen molar-refractivity contribution in [3.05, 3.63) is 34.9 Å². The van der Waals surface area contributed by atoms with Gasteiger partial charge in [0, 0.05) is 43.8 Å². The number of rotatable bonds is 5. The van der Waals surface area contributed by atoms with Crippen LogP contribution in [0.1, 0.15) is 38.7 Å². The first kappa shape index (κ1) is 19.7. The van der Waals surface area contributed by atoms with Crippen molar-refractivity contribution in [1.29, 1.82) is 0 Å². The van der Waals surface area contributed by atoms with Crippen molar-refractivity contribution in [2.45, 2.75) is 45.7 Å². The zero-order chi connectivity index (χ0) is 18.5. The van der Waals surface area contributed by atoms with Crippen molar-refractivity contribution in [3.63, 3.8) is 0 Å². The molecule has 3 unspecified atom stereocenters. The highest BCUT2D eigenvalue weighted by atomic mass is 35.5. The number of amides is 1. The van der Waals surface area contributed by atoms with Crippen molar-refractivity contribution in [2.24, 2.45) is 11.8 Å². The number of hydrogen-bond donors (Lipinski definition) is 1. The standard InChI is InChI=1S/C21H32ClN3O/c1-16-4-3-5-20(17(16)2)23-21(26)15-25-12-10-24(11-13-25)14-18-6-8-19(22)9-7-18/h6-9,16-17,20H,3-5,10-15H2,1-2H3,(H,23,26). The Morgan fingerprint density at radius 3 is 2.42 bits per heavy atom. The summed E-state index contributed by atoms with van der Waals surface area (Å²) in [5.74, 6) is 1.50. The van der Waals surface area contributed by atoms with Gasteiger partial charge in [0.25, 0.3) is 0 Å². The minimum atomic E-state index is 0.196. The number of nitrogens with one attached hydrogen (secondary N) is 1. The van der Waals surface area contributed by atoms with Gasteiger partial charge in [0.1, 0.15) is 0 Å². The zero-order valence-corrected chi connectivity index (χ0v) is 16.8. The molecule has 0 spiro atoms. The molecule has 26 heavy (non-hydrogen) atoms. The normalized spacial score (nSPS) is 28.0. The Labute approximate surface area is 162 Å². The van der Waals surface area contributed by atoms with Gasteiger partial charge in [-0.05, 0) is 36.0 Å². The zero-order valence-electron chi connectivity index (χ0n) is 16.1. The van der Waals surface area contributed by atoms with Gasteiger partial charge < -0.3 is 5.32 Å². The Kier molecular flexibility index (Phi) is 6.96. The van der Waals surface area contributed by atoms with E-state index >= 15 is 0 Å². The van der Waals surface area contributed by atoms with Crippen LogP contribution in [0.25, 0.3) is 0 Å². The highest BCUT2D eigenvalue weighted by molar-refractivity contribution is 6.30. The van der Waals surface area contributed by atoms with Crippen molar-refractivity contribution >= 4 is 17.5 Å². The van der Waals surface area contributed by atoms with Crippen LogP contribution in [0, 0.1) is 11.8 Å². The van der Waals surface area contributed by atoms with E-state index in [1.807, 2.05) is 12.1 Å². The summed E-state index contributed by atoms with van der Waals surface area (Å²) in [5.41, 5.74) is 1.29. The molecule has 1 N–H and O–H groups in total. The van der Waals surface area contributed by atoms with Crippen LogP contribution in [-0.2, 0) is 11.3 Å². The van der Waals surface area contributed by atoms with Crippen LogP contribution in [0.3, 0.4) is 0 Å². The van der Waals surface area contributed by atoms with Crippen molar-refractivity contribution in [2.75, 3.05) is 32.7 Å². The molecule has 4 nitrogen and oxygen atoms in total. The highest BCUT2D eigenvalue weighted by Crippen LogP contribution is 2.29. The van der Waals surface area contributed by atoms with Gasteiger partial charge in [-0.3, -0.25) is 14.6 Å². The molecule has 144 valence electrons. The second-order valence-corrected chi connectivity index (χ2v) is 8.56. The fraction of sp³-hybridized carbons (Fsp3) is 0.667. The lowest BCUT2D eigenvalue weighted by Gasteiger charge is -2.36. The molecule has 3 rings (SSSR count). The molecule has 5 heteroatoms. The summed E-state index contributed by atoms with van der Waals surface area (Å²) in [6, 6.07) is 8.44. The van der Waals surface area contributed by atoms with Gasteiger partial charge in [0.15, 0.2) is 0 Å². The smallest absolute Gasteiger partial charge is 0.234 e. The van der Waals surface area contributed by atoms with Gasteiger partial charge in [-0.2, -0.15) is 0 Å². The molecule has 2 fully saturated rings. The number of benzene rings is 1. The Hall–Kier alpha value is -1.10. The first-order valence-corrected chi connectivity index (χ1v) is 10.4. The Balaban J connectivity index is 1.39. The van der Waals surface area contributed by atoms with Gasteiger partial charge in [0.05, 0.1) is 6.54 Å². The quantitative estimate of drug-likeness (QED) is 0.854. The minimum Gasteiger partial charge on any atom is -0.352 e. The van der Waals surface area contributed by atoms with Gasteiger partial charge >= 0.3 is 0 Å². The molecule has 1 saturated carbocycles. The van der Waals surface area contributed by atoms with Crippen LogP contribution < -0.4 is 5.32 Å². The second-order valence-electron chi connectivity index (χ2n) is 8.12. The number of carbonyl (C=O) groups excluding carboxylic acids is 1. The number of halogens is 1. The van der Waals surface area contributed by atoms with E-state index in [0.29, 0.717) is 24.4 Å². The van der Waals surface area contributed by atoms with E-state index in [0.717, 1.165) is 44.2 Å². The number of hydrogen-bond acceptors (Lipinski definition) is 3. The number of nitrogens with zero attached hydrogens (tertiary/aromatic N) is 2. The fourth-order valence-corrected chi connectivity index (χ4v) is 4.32. The first-order valence-electron chi connectivity index (χ1n) is 10.00. The van der Waals surface area contributed by atoms with Crippen LogP contribution in [0.5, 0.6) is 0 Å².